The van der Waals surface area contributed by atoms with Gasteiger partial charge in [0, 0.05) is 37.0 Å². The van der Waals surface area contributed by atoms with E-state index in [1.807, 2.05) is 18.3 Å². The molecule has 128 valence electrons. The highest BCUT2D eigenvalue weighted by molar-refractivity contribution is 5.93. The fourth-order valence-corrected chi connectivity index (χ4v) is 3.25. The second-order valence-electron chi connectivity index (χ2n) is 6.48. The SMILES string of the molecule is O=C(NC(Cc1ccncc1)C1CC(O)C1)c1cn2cccnc2n1. The van der Waals surface area contributed by atoms with Crippen LogP contribution in [0.5, 0.6) is 0 Å². The van der Waals surface area contributed by atoms with Crippen molar-refractivity contribution in [2.24, 2.45) is 5.92 Å². The lowest BCUT2D eigenvalue weighted by Gasteiger charge is -2.38. The monoisotopic (exact) mass is 337 g/mol. The highest BCUT2D eigenvalue weighted by Gasteiger charge is 2.35. The Hall–Kier alpha value is -2.80. The van der Waals surface area contributed by atoms with Crippen LogP contribution in [0.2, 0.25) is 0 Å². The Bertz CT molecular complexity index is 840. The van der Waals surface area contributed by atoms with E-state index in [0.717, 1.165) is 5.56 Å². The lowest BCUT2D eigenvalue weighted by molar-refractivity contribution is 0.0239. The van der Waals surface area contributed by atoms with E-state index in [4.69, 9.17) is 0 Å². The van der Waals surface area contributed by atoms with Gasteiger partial charge in [0.15, 0.2) is 0 Å². The predicted molar refractivity (Wildman–Crippen MR) is 90.9 cm³/mol. The van der Waals surface area contributed by atoms with Crippen molar-refractivity contribution in [2.45, 2.75) is 31.4 Å². The summed E-state index contributed by atoms with van der Waals surface area (Å²) < 4.78 is 1.72. The number of carbonyl (C=O) groups excluding carboxylic acids is 1. The fourth-order valence-electron chi connectivity index (χ4n) is 3.25. The van der Waals surface area contributed by atoms with Crippen molar-refractivity contribution in [1.82, 2.24) is 24.7 Å². The number of hydrogen-bond acceptors (Lipinski definition) is 5. The van der Waals surface area contributed by atoms with Crippen molar-refractivity contribution in [3.05, 3.63) is 60.4 Å². The molecule has 3 heterocycles. The van der Waals surface area contributed by atoms with E-state index in [1.165, 1.54) is 0 Å². The molecule has 1 aliphatic carbocycles. The molecule has 1 aliphatic rings. The molecule has 0 bridgehead atoms. The van der Waals surface area contributed by atoms with E-state index < -0.39 is 0 Å². The second kappa shape index (κ2) is 6.60. The number of aliphatic hydroxyl groups excluding tert-OH is 1. The minimum absolute atomic E-state index is 0.0453. The maximum absolute atomic E-state index is 12.7. The molecule has 0 spiro atoms. The number of pyridine rings is 1. The zero-order valence-corrected chi connectivity index (χ0v) is 13.6. The third kappa shape index (κ3) is 3.36. The van der Waals surface area contributed by atoms with Crippen LogP contribution in [-0.2, 0) is 6.42 Å². The molecule has 7 nitrogen and oxygen atoms in total. The summed E-state index contributed by atoms with van der Waals surface area (Å²) in [5.41, 5.74) is 1.46. The van der Waals surface area contributed by atoms with Crippen LogP contribution in [-0.4, -0.2) is 42.5 Å². The summed E-state index contributed by atoms with van der Waals surface area (Å²) in [6.07, 6.45) is 10.5. The van der Waals surface area contributed by atoms with Crippen LogP contribution in [0.4, 0.5) is 0 Å². The zero-order valence-electron chi connectivity index (χ0n) is 13.6. The molecule has 7 heteroatoms. The summed E-state index contributed by atoms with van der Waals surface area (Å²) >= 11 is 0. The minimum Gasteiger partial charge on any atom is -0.393 e. The molecule has 1 atom stereocenters. The van der Waals surface area contributed by atoms with Gasteiger partial charge in [-0.2, -0.15) is 0 Å². The van der Waals surface area contributed by atoms with E-state index >= 15 is 0 Å². The topological polar surface area (TPSA) is 92.4 Å². The van der Waals surface area contributed by atoms with Gasteiger partial charge in [0.1, 0.15) is 5.69 Å². The number of aromatic nitrogens is 4. The first-order valence-electron chi connectivity index (χ1n) is 8.36. The first kappa shape index (κ1) is 15.7. The van der Waals surface area contributed by atoms with E-state index in [-0.39, 0.29) is 24.0 Å². The van der Waals surface area contributed by atoms with Gasteiger partial charge in [-0.3, -0.25) is 14.2 Å². The van der Waals surface area contributed by atoms with Gasteiger partial charge in [-0.15, -0.1) is 0 Å². The Balaban J connectivity index is 1.51. The third-order valence-corrected chi connectivity index (χ3v) is 4.71. The molecular weight excluding hydrogens is 318 g/mol. The molecule has 4 rings (SSSR count). The van der Waals surface area contributed by atoms with Crippen molar-refractivity contribution < 1.29 is 9.90 Å². The summed E-state index contributed by atoms with van der Waals surface area (Å²) in [7, 11) is 0. The Morgan fingerprint density at radius 1 is 1.32 bits per heavy atom. The molecule has 0 aromatic carbocycles. The smallest absolute Gasteiger partial charge is 0.271 e. The quantitative estimate of drug-likeness (QED) is 0.731. The van der Waals surface area contributed by atoms with Crippen molar-refractivity contribution in [1.29, 1.82) is 0 Å². The molecule has 1 unspecified atom stereocenters. The number of nitrogens with zero attached hydrogens (tertiary/aromatic N) is 4. The Morgan fingerprint density at radius 2 is 2.12 bits per heavy atom. The van der Waals surface area contributed by atoms with Gasteiger partial charge in [-0.1, -0.05) is 0 Å². The van der Waals surface area contributed by atoms with Gasteiger partial charge in [0.25, 0.3) is 5.91 Å². The molecular formula is C18H19N5O2. The summed E-state index contributed by atoms with van der Waals surface area (Å²) in [5, 5.41) is 12.7. The van der Waals surface area contributed by atoms with Gasteiger partial charge >= 0.3 is 0 Å². The van der Waals surface area contributed by atoms with Crippen LogP contribution < -0.4 is 5.32 Å². The number of amides is 1. The van der Waals surface area contributed by atoms with Gasteiger partial charge in [0.05, 0.1) is 6.10 Å². The molecule has 3 aromatic heterocycles. The summed E-state index contributed by atoms with van der Waals surface area (Å²) in [4.78, 5) is 25.1. The number of aliphatic hydroxyl groups is 1. The van der Waals surface area contributed by atoms with Crippen molar-refractivity contribution in [3.63, 3.8) is 0 Å². The molecule has 1 saturated carbocycles. The second-order valence-corrected chi connectivity index (χ2v) is 6.48. The Labute approximate surface area is 144 Å². The molecule has 0 radical (unpaired) electrons. The van der Waals surface area contributed by atoms with Gasteiger partial charge in [-0.05, 0) is 48.9 Å². The molecule has 1 amide bonds. The number of rotatable bonds is 5. The maximum Gasteiger partial charge on any atom is 0.271 e. The maximum atomic E-state index is 12.7. The van der Waals surface area contributed by atoms with Crippen LogP contribution in [0.1, 0.15) is 28.9 Å². The summed E-state index contributed by atoms with van der Waals surface area (Å²) in [6, 6.07) is 5.64. The average molecular weight is 337 g/mol. The Morgan fingerprint density at radius 3 is 2.84 bits per heavy atom. The molecule has 0 aliphatic heterocycles. The van der Waals surface area contributed by atoms with E-state index in [9.17, 15) is 9.90 Å². The third-order valence-electron chi connectivity index (χ3n) is 4.71. The fraction of sp³-hybridized carbons (Fsp3) is 0.333. The van der Waals surface area contributed by atoms with Crippen LogP contribution in [0.3, 0.4) is 0 Å². The molecule has 2 N–H and O–H groups in total. The van der Waals surface area contributed by atoms with Gasteiger partial charge < -0.3 is 10.4 Å². The number of carbonyl (C=O) groups is 1. The number of imidazole rings is 1. The van der Waals surface area contributed by atoms with Crippen LogP contribution in [0.15, 0.2) is 49.2 Å². The highest BCUT2D eigenvalue weighted by atomic mass is 16.3. The lowest BCUT2D eigenvalue weighted by Crippen LogP contribution is -2.48. The summed E-state index contributed by atoms with van der Waals surface area (Å²) in [5.74, 6) is 0.547. The van der Waals surface area contributed by atoms with E-state index in [1.54, 1.807) is 35.3 Å². The van der Waals surface area contributed by atoms with Crippen LogP contribution >= 0.6 is 0 Å². The standard InChI is InChI=1S/C18H19N5O2/c24-14-9-13(10-14)15(8-12-2-5-19-6-3-12)21-17(25)16-11-23-7-1-4-20-18(23)22-16/h1-7,11,13-15,24H,8-10H2,(H,21,25). The van der Waals surface area contributed by atoms with Crippen LogP contribution in [0, 0.1) is 5.92 Å². The highest BCUT2D eigenvalue weighted by Crippen LogP contribution is 2.31. The number of hydrogen-bond donors (Lipinski definition) is 2. The lowest BCUT2D eigenvalue weighted by atomic mass is 9.75. The largest absolute Gasteiger partial charge is 0.393 e. The van der Waals surface area contributed by atoms with Crippen LogP contribution in [0.25, 0.3) is 5.78 Å². The van der Waals surface area contributed by atoms with E-state index in [0.29, 0.717) is 30.7 Å². The van der Waals surface area contributed by atoms with Crippen molar-refractivity contribution in [3.8, 4) is 0 Å². The molecule has 0 saturated heterocycles. The van der Waals surface area contributed by atoms with Crippen molar-refractivity contribution in [2.75, 3.05) is 0 Å². The molecule has 25 heavy (non-hydrogen) atoms. The normalized spacial score (nSPS) is 20.8. The zero-order chi connectivity index (χ0) is 17.2. The van der Waals surface area contributed by atoms with Crippen molar-refractivity contribution >= 4 is 11.7 Å². The minimum atomic E-state index is -0.263. The van der Waals surface area contributed by atoms with E-state index in [2.05, 4.69) is 20.3 Å². The number of fused-ring (bicyclic) bond motifs is 1. The molecule has 3 aromatic rings. The summed E-state index contributed by atoms with van der Waals surface area (Å²) in [6.45, 7) is 0. The number of nitrogens with one attached hydrogen (secondary N) is 1. The molecule has 1 fully saturated rings. The predicted octanol–water partition coefficient (Wildman–Crippen LogP) is 1.24. The first-order chi connectivity index (χ1) is 12.2. The van der Waals surface area contributed by atoms with Gasteiger partial charge in [-0.25, -0.2) is 9.97 Å². The Kier molecular flexibility index (Phi) is 4.15. The average Bonchev–Trinajstić information content (AvgIpc) is 3.04. The first-order valence-corrected chi connectivity index (χ1v) is 8.36. The van der Waals surface area contributed by atoms with Gasteiger partial charge in [0.2, 0.25) is 5.78 Å².